The van der Waals surface area contributed by atoms with E-state index in [1.54, 1.807) is 14.0 Å². The lowest BCUT2D eigenvalue weighted by Crippen LogP contribution is -2.32. The molecule has 2 aromatic carbocycles. The van der Waals surface area contributed by atoms with Crippen LogP contribution in [0.4, 0.5) is 0 Å². The van der Waals surface area contributed by atoms with Gasteiger partial charge in [0.1, 0.15) is 11.4 Å². The van der Waals surface area contributed by atoms with E-state index >= 15 is 0 Å². The number of ether oxygens (including phenoxy) is 1. The average Bonchev–Trinajstić information content (AvgIpc) is 3.25. The lowest BCUT2D eigenvalue weighted by molar-refractivity contribution is -0.121. The third kappa shape index (κ3) is 5.43. The number of amides is 1. The molecule has 1 atom stereocenters. The molecular formula is C29H31N3O3. The Morgan fingerprint density at radius 2 is 1.77 bits per heavy atom. The molecule has 0 unspecified atom stereocenters. The number of aromatic nitrogens is 2. The van der Waals surface area contributed by atoms with Gasteiger partial charge in [-0.1, -0.05) is 43.3 Å². The molecule has 0 spiro atoms. The van der Waals surface area contributed by atoms with Gasteiger partial charge in [-0.15, -0.1) is 0 Å². The van der Waals surface area contributed by atoms with Gasteiger partial charge in [0.05, 0.1) is 18.5 Å². The predicted molar refractivity (Wildman–Crippen MR) is 139 cm³/mol. The minimum atomic E-state index is 0.0295. The Hall–Kier alpha value is -3.93. The van der Waals surface area contributed by atoms with Gasteiger partial charge in [-0.05, 0) is 62.1 Å². The van der Waals surface area contributed by atoms with Crippen molar-refractivity contribution >= 4 is 17.3 Å². The minimum absolute atomic E-state index is 0.0295. The number of hydrogen-bond donors (Lipinski definition) is 1. The number of Topliss-reactive ketones (excluding diaryl/α,β-unsaturated/α-hetero) is 1. The summed E-state index contributed by atoms with van der Waals surface area (Å²) in [5.41, 5.74) is 6.26. The molecule has 0 aliphatic rings. The van der Waals surface area contributed by atoms with E-state index in [1.165, 1.54) is 0 Å². The van der Waals surface area contributed by atoms with Crippen molar-refractivity contribution in [2.75, 3.05) is 7.11 Å². The smallest absolute Gasteiger partial charge is 0.220 e. The number of pyridine rings is 1. The highest BCUT2D eigenvalue weighted by molar-refractivity contribution is 5.94. The summed E-state index contributed by atoms with van der Waals surface area (Å²) < 4.78 is 7.49. The van der Waals surface area contributed by atoms with Crippen molar-refractivity contribution in [3.8, 4) is 28.1 Å². The van der Waals surface area contributed by atoms with Crippen molar-refractivity contribution in [1.29, 1.82) is 0 Å². The van der Waals surface area contributed by atoms with Gasteiger partial charge in [0.2, 0.25) is 5.91 Å². The zero-order valence-corrected chi connectivity index (χ0v) is 20.7. The maximum absolute atomic E-state index is 12.6. The molecule has 35 heavy (non-hydrogen) atoms. The highest BCUT2D eigenvalue weighted by atomic mass is 16.5. The van der Waals surface area contributed by atoms with E-state index in [0.29, 0.717) is 18.4 Å². The van der Waals surface area contributed by atoms with Crippen LogP contribution in [0.3, 0.4) is 0 Å². The summed E-state index contributed by atoms with van der Waals surface area (Å²) in [6.45, 7) is 5.63. The SMILES string of the molecule is CC[C@@H](C)NC(=O)CCc1c(-c2cccc(OC)c2)nc2ccc(-c3ccc(C(C)=O)cc3)cn12. The first-order valence-corrected chi connectivity index (χ1v) is 12.0. The Morgan fingerprint density at radius 1 is 1.03 bits per heavy atom. The summed E-state index contributed by atoms with van der Waals surface area (Å²) in [7, 11) is 1.65. The van der Waals surface area contributed by atoms with Gasteiger partial charge in [0.25, 0.3) is 0 Å². The second-order valence-corrected chi connectivity index (χ2v) is 8.80. The maximum atomic E-state index is 12.6. The molecule has 6 heteroatoms. The number of benzene rings is 2. The third-order valence-corrected chi connectivity index (χ3v) is 6.29. The Labute approximate surface area is 206 Å². The number of carbonyl (C=O) groups is 2. The molecule has 0 bridgehead atoms. The monoisotopic (exact) mass is 469 g/mol. The molecule has 1 N–H and O–H groups in total. The summed E-state index contributed by atoms with van der Waals surface area (Å²) in [6.07, 6.45) is 3.86. The van der Waals surface area contributed by atoms with E-state index in [-0.39, 0.29) is 17.7 Å². The van der Waals surface area contributed by atoms with E-state index < -0.39 is 0 Å². The van der Waals surface area contributed by atoms with Gasteiger partial charge in [-0.3, -0.25) is 9.59 Å². The number of rotatable bonds is 9. The lowest BCUT2D eigenvalue weighted by Gasteiger charge is -2.12. The second kappa shape index (κ2) is 10.6. The van der Waals surface area contributed by atoms with Crippen molar-refractivity contribution in [3.05, 3.63) is 78.1 Å². The molecule has 2 heterocycles. The van der Waals surface area contributed by atoms with Crippen molar-refractivity contribution < 1.29 is 14.3 Å². The Morgan fingerprint density at radius 3 is 2.46 bits per heavy atom. The first kappa shape index (κ1) is 24.2. The third-order valence-electron chi connectivity index (χ3n) is 6.29. The van der Waals surface area contributed by atoms with Crippen LogP contribution < -0.4 is 10.1 Å². The van der Waals surface area contributed by atoms with E-state index in [2.05, 4.69) is 22.8 Å². The topological polar surface area (TPSA) is 72.7 Å². The fourth-order valence-electron chi connectivity index (χ4n) is 4.08. The second-order valence-electron chi connectivity index (χ2n) is 8.80. The Bertz CT molecular complexity index is 1360. The highest BCUT2D eigenvalue weighted by Gasteiger charge is 2.17. The minimum Gasteiger partial charge on any atom is -0.497 e. The van der Waals surface area contributed by atoms with Crippen molar-refractivity contribution in [2.24, 2.45) is 0 Å². The van der Waals surface area contributed by atoms with Gasteiger partial charge >= 0.3 is 0 Å². The van der Waals surface area contributed by atoms with Crippen molar-refractivity contribution in [2.45, 2.75) is 46.1 Å². The zero-order valence-electron chi connectivity index (χ0n) is 20.7. The Balaban J connectivity index is 1.76. The molecule has 0 saturated carbocycles. The molecule has 0 aliphatic heterocycles. The molecule has 0 fully saturated rings. The summed E-state index contributed by atoms with van der Waals surface area (Å²) >= 11 is 0. The molecule has 4 rings (SSSR count). The van der Waals surface area contributed by atoms with Crippen LogP contribution in [0.5, 0.6) is 5.75 Å². The predicted octanol–water partition coefficient (Wildman–Crippen LogP) is 5.73. The number of hydrogen-bond acceptors (Lipinski definition) is 4. The van der Waals surface area contributed by atoms with Crippen LogP contribution >= 0.6 is 0 Å². The number of nitrogens with one attached hydrogen (secondary N) is 1. The maximum Gasteiger partial charge on any atom is 0.220 e. The number of aryl methyl sites for hydroxylation is 1. The zero-order chi connectivity index (χ0) is 24.9. The van der Waals surface area contributed by atoms with Crippen LogP contribution in [0, 0.1) is 0 Å². The summed E-state index contributed by atoms with van der Waals surface area (Å²) in [6, 6.07) is 19.6. The van der Waals surface area contributed by atoms with Crippen LogP contribution in [-0.4, -0.2) is 34.2 Å². The quantitative estimate of drug-likeness (QED) is 0.318. The number of fused-ring (bicyclic) bond motifs is 1. The number of nitrogens with zero attached hydrogens (tertiary/aromatic N) is 2. The van der Waals surface area contributed by atoms with Gasteiger partial charge < -0.3 is 14.5 Å². The molecule has 0 saturated heterocycles. The van der Waals surface area contributed by atoms with Crippen LogP contribution in [0.1, 0.15) is 49.7 Å². The highest BCUT2D eigenvalue weighted by Crippen LogP contribution is 2.30. The summed E-state index contributed by atoms with van der Waals surface area (Å²) in [4.78, 5) is 29.2. The first-order valence-electron chi connectivity index (χ1n) is 12.0. The molecule has 2 aromatic heterocycles. The summed E-state index contributed by atoms with van der Waals surface area (Å²) in [5.74, 6) is 0.829. The van der Waals surface area contributed by atoms with Crippen LogP contribution in [-0.2, 0) is 11.2 Å². The van der Waals surface area contributed by atoms with E-state index in [1.807, 2.05) is 67.6 Å². The molecule has 6 nitrogen and oxygen atoms in total. The normalized spacial score (nSPS) is 11.9. The number of methoxy groups -OCH3 is 1. The number of imidazole rings is 1. The number of ketones is 1. The largest absolute Gasteiger partial charge is 0.497 e. The fraction of sp³-hybridized carbons (Fsp3) is 0.276. The molecule has 0 radical (unpaired) electrons. The van der Waals surface area contributed by atoms with Gasteiger partial charge in [0, 0.05) is 29.8 Å². The van der Waals surface area contributed by atoms with Gasteiger partial charge in [-0.25, -0.2) is 4.98 Å². The van der Waals surface area contributed by atoms with Gasteiger partial charge in [-0.2, -0.15) is 0 Å². The standard InChI is InChI=1S/C29H31N3O3/c1-5-19(2)30-28(34)16-14-26-29(23-7-6-8-25(17-23)35-4)31-27-15-13-24(18-32(26)27)22-11-9-21(10-12-22)20(3)33/h6-13,15,17-19H,5,14,16H2,1-4H3,(H,30,34)/t19-/m1/s1. The van der Waals surface area contributed by atoms with E-state index in [9.17, 15) is 9.59 Å². The lowest BCUT2D eigenvalue weighted by atomic mass is 10.0. The Kier molecular flexibility index (Phi) is 7.30. The first-order chi connectivity index (χ1) is 16.9. The van der Waals surface area contributed by atoms with Gasteiger partial charge in [0.15, 0.2) is 5.78 Å². The molecule has 4 aromatic rings. The van der Waals surface area contributed by atoms with Crippen LogP contribution in [0.2, 0.25) is 0 Å². The van der Waals surface area contributed by atoms with E-state index in [4.69, 9.17) is 9.72 Å². The van der Waals surface area contributed by atoms with E-state index in [0.717, 1.165) is 45.9 Å². The fourth-order valence-corrected chi connectivity index (χ4v) is 4.08. The average molecular weight is 470 g/mol. The molecule has 1 amide bonds. The molecular weight excluding hydrogens is 438 g/mol. The summed E-state index contributed by atoms with van der Waals surface area (Å²) in [5, 5.41) is 3.05. The van der Waals surface area contributed by atoms with Crippen LogP contribution in [0.15, 0.2) is 66.9 Å². The molecule has 0 aliphatic carbocycles. The molecule has 180 valence electrons. The van der Waals surface area contributed by atoms with Crippen molar-refractivity contribution in [1.82, 2.24) is 14.7 Å². The van der Waals surface area contributed by atoms with Crippen molar-refractivity contribution in [3.63, 3.8) is 0 Å². The number of carbonyl (C=O) groups excluding carboxylic acids is 2. The van der Waals surface area contributed by atoms with Crippen LogP contribution in [0.25, 0.3) is 28.0 Å².